The fourth-order valence-corrected chi connectivity index (χ4v) is 1.24. The smallest absolute Gasteiger partial charge is 0.247 e. The molecule has 1 aromatic rings. The van der Waals surface area contributed by atoms with Gasteiger partial charge in [-0.2, -0.15) is 0 Å². The third kappa shape index (κ3) is 2.27. The second-order valence-electron chi connectivity index (χ2n) is 3.18. The zero-order valence-electron chi connectivity index (χ0n) is 7.71. The first kappa shape index (κ1) is 9.65. The van der Waals surface area contributed by atoms with Gasteiger partial charge in [-0.1, -0.05) is 29.6 Å². The van der Waals surface area contributed by atoms with Crippen molar-refractivity contribution in [3.8, 4) is 0 Å². The first-order valence-corrected chi connectivity index (χ1v) is 4.89. The lowest BCUT2D eigenvalue weighted by Gasteiger charge is -2.21. The zero-order valence-corrected chi connectivity index (χ0v) is 9.30. The Morgan fingerprint density at radius 3 is 2.08 bits per heavy atom. The summed E-state index contributed by atoms with van der Waals surface area (Å²) in [5, 5.41) is 0. The van der Waals surface area contributed by atoms with Crippen molar-refractivity contribution in [3.63, 3.8) is 0 Å². The van der Waals surface area contributed by atoms with Crippen LogP contribution in [0.2, 0.25) is 13.6 Å². The monoisotopic (exact) mass is 225 g/mol. The molecule has 0 atom stereocenters. The fraction of sp³-hybridized carbons (Fsp3) is 0.333. The van der Waals surface area contributed by atoms with Crippen LogP contribution < -0.4 is 4.81 Å². The number of benzene rings is 1. The average Bonchev–Trinajstić information content (AvgIpc) is 2.04. The van der Waals surface area contributed by atoms with Gasteiger partial charge in [-0.05, 0) is 31.3 Å². The van der Waals surface area contributed by atoms with Crippen molar-refractivity contribution in [1.82, 2.24) is 0 Å². The summed E-state index contributed by atoms with van der Waals surface area (Å²) in [7, 11) is 2.11. The maximum absolute atomic E-state index is 3.41. The molecule has 12 heavy (non-hydrogen) atoms. The van der Waals surface area contributed by atoms with Crippen molar-refractivity contribution in [1.29, 1.82) is 0 Å². The highest BCUT2D eigenvalue weighted by Crippen LogP contribution is 2.17. The molecule has 0 aliphatic carbocycles. The van der Waals surface area contributed by atoms with Gasteiger partial charge < -0.3 is 4.81 Å². The molecule has 0 fully saturated rings. The van der Waals surface area contributed by atoms with E-state index in [1.807, 2.05) is 0 Å². The maximum Gasteiger partial charge on any atom is 0.247 e. The molecule has 0 unspecified atom stereocenters. The molecule has 0 aliphatic rings. The standard InChI is InChI=1S/C9H13BBrN/c1-10(2)12(3)9-6-4-8(11)5-7-9/h4-7H,1-3H3. The summed E-state index contributed by atoms with van der Waals surface area (Å²) in [5.41, 5.74) is 1.26. The normalized spacial score (nSPS) is 9.67. The predicted octanol–water partition coefficient (Wildman–Crippen LogP) is 3.14. The van der Waals surface area contributed by atoms with Crippen LogP contribution in [-0.2, 0) is 0 Å². The Kier molecular flexibility index (Phi) is 3.21. The Morgan fingerprint density at radius 2 is 1.67 bits per heavy atom. The number of rotatable bonds is 2. The summed E-state index contributed by atoms with van der Waals surface area (Å²) in [6.07, 6.45) is 0. The van der Waals surface area contributed by atoms with Crippen LogP contribution >= 0.6 is 15.9 Å². The molecular formula is C9H13BBrN. The molecule has 1 nitrogen and oxygen atoms in total. The molecule has 0 heterocycles. The molecule has 0 saturated heterocycles. The third-order valence-electron chi connectivity index (χ3n) is 2.01. The summed E-state index contributed by atoms with van der Waals surface area (Å²) >= 11 is 3.41. The first-order valence-electron chi connectivity index (χ1n) is 4.09. The van der Waals surface area contributed by atoms with Gasteiger partial charge in [-0.15, -0.1) is 0 Å². The Bertz CT molecular complexity index is 245. The second kappa shape index (κ2) is 3.99. The van der Waals surface area contributed by atoms with Crippen LogP contribution in [0.3, 0.4) is 0 Å². The quantitative estimate of drug-likeness (QED) is 0.700. The third-order valence-corrected chi connectivity index (χ3v) is 2.54. The summed E-state index contributed by atoms with van der Waals surface area (Å²) in [5.74, 6) is 0. The van der Waals surface area contributed by atoms with Gasteiger partial charge in [0.2, 0.25) is 6.85 Å². The molecule has 0 aliphatic heterocycles. The van der Waals surface area contributed by atoms with Crippen molar-refractivity contribution < 1.29 is 0 Å². The van der Waals surface area contributed by atoms with Gasteiger partial charge in [0.15, 0.2) is 0 Å². The van der Waals surface area contributed by atoms with Gasteiger partial charge >= 0.3 is 0 Å². The Morgan fingerprint density at radius 1 is 1.17 bits per heavy atom. The Hall–Kier alpha value is -0.435. The first-order chi connectivity index (χ1) is 5.61. The zero-order chi connectivity index (χ0) is 9.14. The number of hydrogen-bond donors (Lipinski definition) is 0. The van der Waals surface area contributed by atoms with Crippen molar-refractivity contribution in [2.24, 2.45) is 0 Å². The van der Waals surface area contributed by atoms with Gasteiger partial charge in [-0.25, -0.2) is 0 Å². The van der Waals surface area contributed by atoms with E-state index in [4.69, 9.17) is 0 Å². The molecule has 0 aromatic heterocycles. The number of halogens is 1. The number of nitrogens with zero attached hydrogens (tertiary/aromatic N) is 1. The van der Waals surface area contributed by atoms with Gasteiger partial charge in [0.05, 0.1) is 0 Å². The topological polar surface area (TPSA) is 3.24 Å². The molecule has 0 amide bonds. The summed E-state index contributed by atoms with van der Waals surface area (Å²) in [6.45, 7) is 4.91. The average molecular weight is 226 g/mol. The molecule has 0 saturated carbocycles. The molecule has 3 heteroatoms. The minimum atomic E-state index is 0.547. The van der Waals surface area contributed by atoms with E-state index in [1.54, 1.807) is 0 Å². The van der Waals surface area contributed by atoms with E-state index in [1.165, 1.54) is 5.69 Å². The summed E-state index contributed by atoms with van der Waals surface area (Å²) in [6, 6.07) is 8.36. The van der Waals surface area contributed by atoms with Gasteiger partial charge in [0.1, 0.15) is 0 Å². The predicted molar refractivity (Wildman–Crippen MR) is 60.0 cm³/mol. The summed E-state index contributed by atoms with van der Waals surface area (Å²) < 4.78 is 1.13. The van der Waals surface area contributed by atoms with E-state index in [0.29, 0.717) is 6.85 Å². The Balaban J connectivity index is 2.82. The van der Waals surface area contributed by atoms with Crippen LogP contribution in [0.25, 0.3) is 0 Å². The van der Waals surface area contributed by atoms with E-state index < -0.39 is 0 Å². The van der Waals surface area contributed by atoms with Crippen molar-refractivity contribution in [2.45, 2.75) is 13.6 Å². The minimum absolute atomic E-state index is 0.547. The van der Waals surface area contributed by atoms with Crippen molar-refractivity contribution >= 4 is 28.5 Å². The Labute approximate surface area is 83.0 Å². The van der Waals surface area contributed by atoms with E-state index >= 15 is 0 Å². The lowest BCUT2D eigenvalue weighted by Crippen LogP contribution is -2.29. The van der Waals surface area contributed by atoms with E-state index in [9.17, 15) is 0 Å². The highest BCUT2D eigenvalue weighted by molar-refractivity contribution is 9.10. The lowest BCUT2D eigenvalue weighted by atomic mass is 9.66. The van der Waals surface area contributed by atoms with E-state index in [0.717, 1.165) is 4.47 Å². The highest BCUT2D eigenvalue weighted by Gasteiger charge is 2.07. The van der Waals surface area contributed by atoms with E-state index in [2.05, 4.69) is 65.7 Å². The van der Waals surface area contributed by atoms with Crippen LogP contribution in [-0.4, -0.2) is 13.9 Å². The van der Waals surface area contributed by atoms with Crippen LogP contribution in [0, 0.1) is 0 Å². The van der Waals surface area contributed by atoms with Gasteiger partial charge in [0, 0.05) is 10.2 Å². The highest BCUT2D eigenvalue weighted by atomic mass is 79.9. The maximum atomic E-state index is 3.41. The molecule has 1 aromatic carbocycles. The second-order valence-corrected chi connectivity index (χ2v) is 4.10. The molecule has 64 valence electrons. The molecule has 0 bridgehead atoms. The SMILES string of the molecule is CB(C)N(C)c1ccc(Br)cc1. The molecule has 0 spiro atoms. The van der Waals surface area contributed by atoms with Crippen molar-refractivity contribution in [3.05, 3.63) is 28.7 Å². The molecule has 0 radical (unpaired) electrons. The molecule has 0 N–H and O–H groups in total. The summed E-state index contributed by atoms with van der Waals surface area (Å²) in [4.78, 5) is 2.24. The van der Waals surface area contributed by atoms with Crippen LogP contribution in [0.5, 0.6) is 0 Å². The van der Waals surface area contributed by atoms with Crippen LogP contribution in [0.15, 0.2) is 28.7 Å². The van der Waals surface area contributed by atoms with Crippen LogP contribution in [0.4, 0.5) is 5.69 Å². The van der Waals surface area contributed by atoms with Gasteiger partial charge in [-0.3, -0.25) is 0 Å². The molecule has 1 rings (SSSR count). The van der Waals surface area contributed by atoms with Crippen LogP contribution in [0.1, 0.15) is 0 Å². The molecular weight excluding hydrogens is 213 g/mol. The fourth-order valence-electron chi connectivity index (χ4n) is 0.974. The number of anilines is 1. The van der Waals surface area contributed by atoms with Crippen molar-refractivity contribution in [2.75, 3.05) is 11.9 Å². The largest absolute Gasteiger partial charge is 0.418 e. The minimum Gasteiger partial charge on any atom is -0.418 e. The lowest BCUT2D eigenvalue weighted by molar-refractivity contribution is 1.29. The number of hydrogen-bond acceptors (Lipinski definition) is 1. The van der Waals surface area contributed by atoms with Gasteiger partial charge in [0.25, 0.3) is 0 Å². The van der Waals surface area contributed by atoms with E-state index in [-0.39, 0.29) is 0 Å².